The van der Waals surface area contributed by atoms with Crippen molar-refractivity contribution in [1.29, 1.82) is 0 Å². The second-order valence-corrected chi connectivity index (χ2v) is 7.03. The number of hydrogen-bond acceptors (Lipinski definition) is 3. The van der Waals surface area contributed by atoms with Gasteiger partial charge in [0.1, 0.15) is 0 Å². The molecule has 126 valence electrons. The molecular weight excluding hydrogens is 359 g/mol. The summed E-state index contributed by atoms with van der Waals surface area (Å²) in [4.78, 5) is 28.7. The van der Waals surface area contributed by atoms with E-state index in [0.717, 1.165) is 5.56 Å². The number of anilines is 1. The van der Waals surface area contributed by atoms with E-state index in [1.165, 1.54) is 4.90 Å². The molecule has 0 spiro atoms. The Bertz CT molecular complexity index is 875. The summed E-state index contributed by atoms with van der Waals surface area (Å²) in [6.07, 6.45) is 1.80. The maximum Gasteiger partial charge on any atom is 0.263 e. The van der Waals surface area contributed by atoms with Gasteiger partial charge in [0.2, 0.25) is 5.91 Å². The van der Waals surface area contributed by atoms with Crippen LogP contribution in [0.5, 0.6) is 0 Å². The molecule has 0 aromatic heterocycles. The monoisotopic (exact) mass is 372 g/mol. The standard InChI is InChI=1S/C19H14Cl2N2O2/c20-13-6-14(21)8-15(7-13)23-18(24)16-10-22(11-17(16)19(23)25)9-12-4-2-1-3-5-12/h1-8,10,17H,9,11H2. The zero-order valence-corrected chi connectivity index (χ0v) is 14.7. The Hall–Kier alpha value is -2.30. The van der Waals surface area contributed by atoms with Crippen LogP contribution >= 0.6 is 23.2 Å². The van der Waals surface area contributed by atoms with E-state index >= 15 is 0 Å². The Kier molecular flexibility index (Phi) is 4.02. The van der Waals surface area contributed by atoms with Crippen molar-refractivity contribution in [3.05, 3.63) is 75.9 Å². The zero-order valence-electron chi connectivity index (χ0n) is 13.2. The number of amides is 2. The van der Waals surface area contributed by atoms with Crippen molar-refractivity contribution in [2.24, 2.45) is 5.92 Å². The number of carbonyl (C=O) groups excluding carboxylic acids is 2. The van der Waals surface area contributed by atoms with Gasteiger partial charge in [-0.15, -0.1) is 0 Å². The highest BCUT2D eigenvalue weighted by Gasteiger charge is 2.47. The Morgan fingerprint density at radius 2 is 1.68 bits per heavy atom. The second kappa shape index (κ2) is 6.21. The summed E-state index contributed by atoms with van der Waals surface area (Å²) >= 11 is 12.0. The van der Waals surface area contributed by atoms with E-state index in [1.54, 1.807) is 24.4 Å². The lowest BCUT2D eigenvalue weighted by molar-refractivity contribution is -0.122. The molecular formula is C19H14Cl2N2O2. The minimum Gasteiger partial charge on any atom is -0.371 e. The number of imide groups is 1. The molecule has 4 rings (SSSR count). The van der Waals surface area contributed by atoms with Gasteiger partial charge in [-0.25, -0.2) is 4.90 Å². The van der Waals surface area contributed by atoms with Crippen LogP contribution in [0.2, 0.25) is 10.0 Å². The van der Waals surface area contributed by atoms with Gasteiger partial charge in [0.05, 0.1) is 11.6 Å². The van der Waals surface area contributed by atoms with Crippen molar-refractivity contribution in [2.75, 3.05) is 11.4 Å². The fourth-order valence-corrected chi connectivity index (χ4v) is 3.83. The molecule has 1 saturated heterocycles. The molecule has 0 N–H and O–H groups in total. The van der Waals surface area contributed by atoms with Crippen LogP contribution < -0.4 is 4.90 Å². The minimum atomic E-state index is -0.436. The van der Waals surface area contributed by atoms with Gasteiger partial charge in [-0.3, -0.25) is 9.59 Å². The number of halogens is 2. The molecule has 1 fully saturated rings. The SMILES string of the molecule is O=C1C2=CN(Cc3ccccc3)CC2C(=O)N1c1cc(Cl)cc(Cl)c1. The third kappa shape index (κ3) is 2.92. The van der Waals surface area contributed by atoms with Crippen molar-refractivity contribution in [1.82, 2.24) is 4.90 Å². The molecule has 1 atom stereocenters. The van der Waals surface area contributed by atoms with Gasteiger partial charge in [-0.1, -0.05) is 53.5 Å². The van der Waals surface area contributed by atoms with E-state index in [1.807, 2.05) is 35.2 Å². The molecule has 4 nitrogen and oxygen atoms in total. The maximum absolute atomic E-state index is 12.8. The lowest BCUT2D eigenvalue weighted by Crippen LogP contribution is -2.33. The first kappa shape index (κ1) is 16.2. The largest absolute Gasteiger partial charge is 0.371 e. The van der Waals surface area contributed by atoms with E-state index in [4.69, 9.17) is 23.2 Å². The van der Waals surface area contributed by atoms with Crippen LogP contribution in [0, 0.1) is 5.92 Å². The Morgan fingerprint density at radius 3 is 2.32 bits per heavy atom. The minimum absolute atomic E-state index is 0.231. The van der Waals surface area contributed by atoms with E-state index in [-0.39, 0.29) is 11.8 Å². The predicted molar refractivity (Wildman–Crippen MR) is 97.4 cm³/mol. The molecule has 2 heterocycles. The summed E-state index contributed by atoms with van der Waals surface area (Å²) in [6.45, 7) is 1.17. The third-order valence-electron chi connectivity index (χ3n) is 4.42. The van der Waals surface area contributed by atoms with Crippen LogP contribution in [-0.4, -0.2) is 23.3 Å². The average molecular weight is 373 g/mol. The lowest BCUT2D eigenvalue weighted by Gasteiger charge is -2.20. The van der Waals surface area contributed by atoms with Gasteiger partial charge in [0.25, 0.3) is 5.91 Å². The summed E-state index contributed by atoms with van der Waals surface area (Å²) in [7, 11) is 0. The first-order valence-corrected chi connectivity index (χ1v) is 8.62. The van der Waals surface area contributed by atoms with E-state index < -0.39 is 5.92 Å². The average Bonchev–Trinajstić information content (AvgIpc) is 3.07. The van der Waals surface area contributed by atoms with Crippen LogP contribution in [-0.2, 0) is 16.1 Å². The number of benzene rings is 2. The fraction of sp³-hybridized carbons (Fsp3) is 0.158. The van der Waals surface area contributed by atoms with E-state index in [2.05, 4.69) is 0 Å². The van der Waals surface area contributed by atoms with Gasteiger partial charge in [-0.2, -0.15) is 0 Å². The zero-order chi connectivity index (χ0) is 17.6. The van der Waals surface area contributed by atoms with Crippen molar-refractivity contribution in [3.63, 3.8) is 0 Å². The smallest absolute Gasteiger partial charge is 0.263 e. The molecule has 0 saturated carbocycles. The maximum atomic E-state index is 12.8. The van der Waals surface area contributed by atoms with Crippen LogP contribution in [0.1, 0.15) is 5.56 Å². The Balaban J connectivity index is 1.60. The number of carbonyl (C=O) groups is 2. The molecule has 2 aromatic rings. The normalized spacial score (nSPS) is 19.4. The highest BCUT2D eigenvalue weighted by molar-refractivity contribution is 6.36. The van der Waals surface area contributed by atoms with Crippen LogP contribution in [0.4, 0.5) is 5.69 Å². The molecule has 0 bridgehead atoms. The summed E-state index contributed by atoms with van der Waals surface area (Å²) < 4.78 is 0. The molecule has 2 aliphatic rings. The van der Waals surface area contributed by atoms with Gasteiger partial charge < -0.3 is 4.90 Å². The third-order valence-corrected chi connectivity index (χ3v) is 4.85. The van der Waals surface area contributed by atoms with Crippen LogP contribution in [0.25, 0.3) is 0 Å². The van der Waals surface area contributed by atoms with Gasteiger partial charge >= 0.3 is 0 Å². The second-order valence-electron chi connectivity index (χ2n) is 6.16. The van der Waals surface area contributed by atoms with E-state index in [0.29, 0.717) is 34.4 Å². The molecule has 2 amide bonds. The van der Waals surface area contributed by atoms with Gasteiger partial charge in [-0.05, 0) is 23.8 Å². The summed E-state index contributed by atoms with van der Waals surface area (Å²) in [6, 6.07) is 14.7. The predicted octanol–water partition coefficient (Wildman–Crippen LogP) is 3.88. The van der Waals surface area contributed by atoms with Crippen molar-refractivity contribution >= 4 is 40.7 Å². The first-order chi connectivity index (χ1) is 12.0. The van der Waals surface area contributed by atoms with Gasteiger partial charge in [0.15, 0.2) is 0 Å². The summed E-state index contributed by atoms with van der Waals surface area (Å²) in [5, 5.41) is 0.777. The van der Waals surface area contributed by atoms with E-state index in [9.17, 15) is 9.59 Å². The quantitative estimate of drug-likeness (QED) is 0.767. The molecule has 2 aromatic carbocycles. The van der Waals surface area contributed by atoms with Crippen molar-refractivity contribution in [3.8, 4) is 0 Å². The molecule has 0 aliphatic carbocycles. The Morgan fingerprint density at radius 1 is 1.00 bits per heavy atom. The topological polar surface area (TPSA) is 40.6 Å². The number of rotatable bonds is 3. The molecule has 6 heteroatoms. The highest BCUT2D eigenvalue weighted by atomic mass is 35.5. The summed E-state index contributed by atoms with van der Waals surface area (Å²) in [5.41, 5.74) is 2.08. The molecule has 0 radical (unpaired) electrons. The number of fused-ring (bicyclic) bond motifs is 1. The molecule has 2 aliphatic heterocycles. The number of hydrogen-bond donors (Lipinski definition) is 0. The van der Waals surface area contributed by atoms with Crippen molar-refractivity contribution in [2.45, 2.75) is 6.54 Å². The fourth-order valence-electron chi connectivity index (χ4n) is 3.31. The van der Waals surface area contributed by atoms with Gasteiger partial charge in [0, 0.05) is 34.9 Å². The lowest BCUT2D eigenvalue weighted by atomic mass is 10.1. The first-order valence-electron chi connectivity index (χ1n) is 7.87. The van der Waals surface area contributed by atoms with Crippen molar-refractivity contribution < 1.29 is 9.59 Å². The number of nitrogens with zero attached hydrogens (tertiary/aromatic N) is 2. The van der Waals surface area contributed by atoms with Crippen LogP contribution in [0.15, 0.2) is 60.3 Å². The highest BCUT2D eigenvalue weighted by Crippen LogP contribution is 2.37. The summed E-state index contributed by atoms with van der Waals surface area (Å²) in [5.74, 6) is -0.969. The Labute approximate surface area is 155 Å². The van der Waals surface area contributed by atoms with Crippen LogP contribution in [0.3, 0.4) is 0 Å². The molecule has 25 heavy (non-hydrogen) atoms. The molecule has 1 unspecified atom stereocenters.